The molecule has 1 saturated heterocycles. The third-order valence-corrected chi connectivity index (χ3v) is 3.00. The molecule has 1 fully saturated rings. The fourth-order valence-corrected chi connectivity index (χ4v) is 1.75. The Morgan fingerprint density at radius 1 is 1.17 bits per heavy atom. The van der Waals surface area contributed by atoms with E-state index in [2.05, 4.69) is 10.2 Å². The van der Waals surface area contributed by atoms with Crippen molar-refractivity contribution in [2.24, 2.45) is 5.92 Å². The SMILES string of the molecule is CC(C)C(NC(=O)N1CCN(C)CC1)C(=O)O.[LiH]. The van der Waals surface area contributed by atoms with E-state index in [1.54, 1.807) is 18.7 Å². The van der Waals surface area contributed by atoms with Gasteiger partial charge in [0.25, 0.3) is 0 Å². The second-order valence-corrected chi connectivity index (χ2v) is 4.80. The predicted octanol–water partition coefficient (Wildman–Crippen LogP) is -0.596. The van der Waals surface area contributed by atoms with Crippen LogP contribution in [0.4, 0.5) is 4.79 Å². The molecule has 1 aliphatic rings. The van der Waals surface area contributed by atoms with Gasteiger partial charge in [-0.2, -0.15) is 0 Å². The van der Waals surface area contributed by atoms with Crippen LogP contribution in [0.15, 0.2) is 0 Å². The number of piperazine rings is 1. The molecular weight excluding hydrogens is 229 g/mol. The number of nitrogens with zero attached hydrogens (tertiary/aromatic N) is 2. The number of carbonyl (C=O) groups excluding carboxylic acids is 1. The van der Waals surface area contributed by atoms with E-state index in [9.17, 15) is 9.59 Å². The van der Waals surface area contributed by atoms with Gasteiger partial charge in [-0.3, -0.25) is 0 Å². The molecule has 0 aromatic carbocycles. The Bertz CT molecular complexity index is 291. The summed E-state index contributed by atoms with van der Waals surface area (Å²) in [6.45, 7) is 6.51. The fraction of sp³-hybridized carbons (Fsp3) is 0.818. The summed E-state index contributed by atoms with van der Waals surface area (Å²) in [5.41, 5.74) is 0. The summed E-state index contributed by atoms with van der Waals surface area (Å²) in [5.74, 6) is -1.11. The normalized spacial score (nSPS) is 18.1. The molecule has 1 heterocycles. The van der Waals surface area contributed by atoms with Crippen molar-refractivity contribution in [2.45, 2.75) is 19.9 Å². The quantitative estimate of drug-likeness (QED) is 0.657. The van der Waals surface area contributed by atoms with Crippen LogP contribution in [0.25, 0.3) is 0 Å². The van der Waals surface area contributed by atoms with Crippen LogP contribution in [-0.4, -0.2) is 85.0 Å². The number of aliphatic carboxylic acids is 1. The third kappa shape index (κ3) is 4.89. The first-order valence-corrected chi connectivity index (χ1v) is 5.88. The number of hydrogen-bond donors (Lipinski definition) is 2. The molecule has 0 spiro atoms. The van der Waals surface area contributed by atoms with Crippen molar-refractivity contribution in [1.82, 2.24) is 15.1 Å². The molecule has 1 atom stereocenters. The van der Waals surface area contributed by atoms with Gasteiger partial charge in [-0.05, 0) is 13.0 Å². The van der Waals surface area contributed by atoms with E-state index in [4.69, 9.17) is 5.11 Å². The number of carbonyl (C=O) groups is 2. The molecule has 2 N–H and O–H groups in total. The summed E-state index contributed by atoms with van der Waals surface area (Å²) in [6, 6.07) is -1.10. The van der Waals surface area contributed by atoms with Crippen molar-refractivity contribution >= 4 is 30.9 Å². The summed E-state index contributed by atoms with van der Waals surface area (Å²) in [5, 5.41) is 11.6. The van der Waals surface area contributed by atoms with Gasteiger partial charge in [-0.25, -0.2) is 9.59 Å². The molecule has 0 aliphatic carbocycles. The Hall–Kier alpha value is -0.703. The van der Waals surface area contributed by atoms with Crippen LogP contribution in [0.5, 0.6) is 0 Å². The van der Waals surface area contributed by atoms with Crippen LogP contribution in [0.2, 0.25) is 0 Å². The maximum atomic E-state index is 11.9. The second kappa shape index (κ2) is 7.67. The molecule has 6 nitrogen and oxygen atoms in total. The molecule has 0 saturated carbocycles. The van der Waals surface area contributed by atoms with Gasteiger partial charge in [0.1, 0.15) is 6.04 Å². The predicted molar refractivity (Wildman–Crippen MR) is 71.0 cm³/mol. The molecule has 18 heavy (non-hydrogen) atoms. The molecule has 1 unspecified atom stereocenters. The maximum absolute atomic E-state index is 11.9. The van der Waals surface area contributed by atoms with Crippen molar-refractivity contribution in [3.05, 3.63) is 0 Å². The number of nitrogens with one attached hydrogen (secondary N) is 1. The molecular formula is C11H22LiN3O3. The summed E-state index contributed by atoms with van der Waals surface area (Å²) in [7, 11) is 2.00. The van der Waals surface area contributed by atoms with Gasteiger partial charge in [-0.1, -0.05) is 13.8 Å². The summed E-state index contributed by atoms with van der Waals surface area (Å²) < 4.78 is 0. The number of hydrogen-bond acceptors (Lipinski definition) is 3. The van der Waals surface area contributed by atoms with E-state index in [1.165, 1.54) is 0 Å². The summed E-state index contributed by atoms with van der Waals surface area (Å²) >= 11 is 0. The second-order valence-electron chi connectivity index (χ2n) is 4.80. The topological polar surface area (TPSA) is 72.9 Å². The number of carboxylic acids is 1. The first-order chi connectivity index (χ1) is 7.91. The van der Waals surface area contributed by atoms with Gasteiger partial charge >= 0.3 is 30.9 Å². The summed E-state index contributed by atoms with van der Waals surface area (Å²) in [4.78, 5) is 26.6. The molecule has 1 rings (SSSR count). The molecule has 1 aliphatic heterocycles. The molecule has 0 aromatic rings. The minimum atomic E-state index is -0.984. The third-order valence-electron chi connectivity index (χ3n) is 3.00. The number of urea groups is 1. The number of likely N-dealkylation sites (N-methyl/N-ethyl adjacent to an activating group) is 1. The van der Waals surface area contributed by atoms with E-state index in [0.29, 0.717) is 13.1 Å². The average molecular weight is 251 g/mol. The average Bonchev–Trinajstić information content (AvgIpc) is 2.25. The van der Waals surface area contributed by atoms with E-state index >= 15 is 0 Å². The van der Waals surface area contributed by atoms with E-state index in [1.807, 2.05) is 7.05 Å². The van der Waals surface area contributed by atoms with Crippen LogP contribution in [0, 0.1) is 5.92 Å². The van der Waals surface area contributed by atoms with Gasteiger partial charge in [0, 0.05) is 26.2 Å². The number of amides is 2. The zero-order valence-electron chi connectivity index (χ0n) is 10.6. The molecule has 0 radical (unpaired) electrons. The summed E-state index contributed by atoms with van der Waals surface area (Å²) in [6.07, 6.45) is 0. The van der Waals surface area contributed by atoms with Crippen molar-refractivity contribution in [2.75, 3.05) is 33.2 Å². The van der Waals surface area contributed by atoms with Crippen molar-refractivity contribution in [3.8, 4) is 0 Å². The van der Waals surface area contributed by atoms with Crippen LogP contribution < -0.4 is 5.32 Å². The number of carboxylic acid groups (broad SMARTS) is 1. The van der Waals surface area contributed by atoms with E-state index in [-0.39, 0.29) is 30.8 Å². The van der Waals surface area contributed by atoms with Crippen LogP contribution >= 0.6 is 0 Å². The molecule has 0 aromatic heterocycles. The van der Waals surface area contributed by atoms with Gasteiger partial charge < -0.3 is 20.2 Å². The van der Waals surface area contributed by atoms with Crippen LogP contribution in [0.3, 0.4) is 0 Å². The van der Waals surface area contributed by atoms with Gasteiger partial charge in [-0.15, -0.1) is 0 Å². The van der Waals surface area contributed by atoms with Crippen LogP contribution in [0.1, 0.15) is 13.8 Å². The Morgan fingerprint density at radius 2 is 1.67 bits per heavy atom. The molecule has 100 valence electrons. The van der Waals surface area contributed by atoms with Gasteiger partial charge in [0.05, 0.1) is 0 Å². The fourth-order valence-electron chi connectivity index (χ4n) is 1.75. The van der Waals surface area contributed by atoms with Gasteiger partial charge in [0.2, 0.25) is 0 Å². The zero-order valence-corrected chi connectivity index (χ0v) is 10.6. The standard InChI is InChI=1S/C11H21N3O3.Li.H/c1-8(2)9(10(15)16)12-11(17)14-6-4-13(3)5-7-14;;/h8-9H,4-7H2,1-3H3,(H,12,17)(H,15,16);;. The Labute approximate surface area is 120 Å². The van der Waals surface area contributed by atoms with E-state index < -0.39 is 12.0 Å². The Balaban J connectivity index is 0.00000289. The first-order valence-electron chi connectivity index (χ1n) is 5.88. The number of rotatable bonds is 3. The van der Waals surface area contributed by atoms with Crippen molar-refractivity contribution in [3.63, 3.8) is 0 Å². The van der Waals surface area contributed by atoms with Gasteiger partial charge in [0.15, 0.2) is 0 Å². The monoisotopic (exact) mass is 251 g/mol. The van der Waals surface area contributed by atoms with Crippen molar-refractivity contribution in [1.29, 1.82) is 0 Å². The molecule has 0 bridgehead atoms. The molecule has 7 heteroatoms. The molecule has 2 amide bonds. The van der Waals surface area contributed by atoms with E-state index in [0.717, 1.165) is 13.1 Å². The van der Waals surface area contributed by atoms with Crippen molar-refractivity contribution < 1.29 is 14.7 Å². The first kappa shape index (κ1) is 17.3. The zero-order chi connectivity index (χ0) is 13.0. The Morgan fingerprint density at radius 3 is 2.06 bits per heavy atom. The Kier molecular flexibility index (Phi) is 7.37. The minimum absolute atomic E-state index is 0. The van der Waals surface area contributed by atoms with Crippen LogP contribution in [-0.2, 0) is 4.79 Å².